The van der Waals surface area contributed by atoms with Crippen molar-refractivity contribution >= 4 is 5.91 Å². The maximum absolute atomic E-state index is 11.4. The fourth-order valence-corrected chi connectivity index (χ4v) is 1.85. The largest absolute Gasteiger partial charge is 0.369 e. The third-order valence-corrected chi connectivity index (χ3v) is 2.76. The molecule has 1 amide bonds. The molecule has 0 aromatic heterocycles. The normalized spacial score (nSPS) is 26.9. The van der Waals surface area contributed by atoms with Gasteiger partial charge in [-0.2, -0.15) is 0 Å². The first-order valence-corrected chi connectivity index (χ1v) is 5.50. The molecule has 1 rings (SSSR count). The van der Waals surface area contributed by atoms with Gasteiger partial charge in [0.05, 0.1) is 6.10 Å². The second-order valence-electron chi connectivity index (χ2n) is 4.44. The first kappa shape index (κ1) is 11.5. The van der Waals surface area contributed by atoms with Crippen molar-refractivity contribution in [3.8, 4) is 0 Å². The molecule has 1 N–H and O–H groups in total. The van der Waals surface area contributed by atoms with E-state index in [0.29, 0.717) is 12.0 Å². The van der Waals surface area contributed by atoms with Gasteiger partial charge in [0.25, 0.3) is 0 Å². The van der Waals surface area contributed by atoms with Gasteiger partial charge in [0.2, 0.25) is 5.91 Å². The maximum Gasteiger partial charge on any atom is 0.246 e. The molecular formula is C11H21NO2. The highest BCUT2D eigenvalue weighted by Crippen LogP contribution is 2.24. The van der Waals surface area contributed by atoms with Crippen molar-refractivity contribution < 1.29 is 9.53 Å². The number of nitrogens with one attached hydrogen (secondary N) is 1. The minimum Gasteiger partial charge on any atom is -0.369 e. The molecule has 0 aliphatic heterocycles. The number of carbonyl (C=O) groups excluding carboxylic acids is 1. The van der Waals surface area contributed by atoms with Crippen molar-refractivity contribution in [1.29, 1.82) is 0 Å². The fraction of sp³-hybridized carbons (Fsp3) is 0.909. The van der Waals surface area contributed by atoms with E-state index in [-0.39, 0.29) is 18.6 Å². The molecule has 0 saturated heterocycles. The third-order valence-electron chi connectivity index (χ3n) is 2.76. The monoisotopic (exact) mass is 199 g/mol. The first-order valence-electron chi connectivity index (χ1n) is 5.50. The van der Waals surface area contributed by atoms with Gasteiger partial charge in [0, 0.05) is 6.04 Å². The molecule has 82 valence electrons. The van der Waals surface area contributed by atoms with E-state index in [1.807, 2.05) is 13.8 Å². The highest BCUT2D eigenvalue weighted by atomic mass is 16.5. The molecule has 0 aromatic rings. The van der Waals surface area contributed by atoms with E-state index in [2.05, 4.69) is 12.2 Å². The van der Waals surface area contributed by atoms with Crippen molar-refractivity contribution in [1.82, 2.24) is 5.32 Å². The molecule has 2 unspecified atom stereocenters. The molecule has 1 aliphatic rings. The second-order valence-corrected chi connectivity index (χ2v) is 4.44. The van der Waals surface area contributed by atoms with Gasteiger partial charge in [-0.3, -0.25) is 4.79 Å². The molecule has 1 fully saturated rings. The molecule has 0 heterocycles. The Bertz CT molecular complexity index is 192. The van der Waals surface area contributed by atoms with E-state index >= 15 is 0 Å². The van der Waals surface area contributed by atoms with Crippen LogP contribution in [0.4, 0.5) is 0 Å². The Hall–Kier alpha value is -0.570. The molecule has 0 radical (unpaired) electrons. The maximum atomic E-state index is 11.4. The average Bonchev–Trinajstić information content (AvgIpc) is 2.49. The summed E-state index contributed by atoms with van der Waals surface area (Å²) in [5, 5.41) is 3.02. The van der Waals surface area contributed by atoms with Gasteiger partial charge in [0.15, 0.2) is 0 Å². The van der Waals surface area contributed by atoms with Crippen LogP contribution in [0.5, 0.6) is 0 Å². The topological polar surface area (TPSA) is 38.3 Å². The summed E-state index contributed by atoms with van der Waals surface area (Å²) in [4.78, 5) is 11.4. The lowest BCUT2D eigenvalue weighted by molar-refractivity contribution is -0.128. The summed E-state index contributed by atoms with van der Waals surface area (Å²) in [5.41, 5.74) is 0. The van der Waals surface area contributed by atoms with E-state index in [1.54, 1.807) is 0 Å². The summed E-state index contributed by atoms with van der Waals surface area (Å²) in [7, 11) is 0. The predicted octanol–water partition coefficient (Wildman–Crippen LogP) is 1.72. The van der Waals surface area contributed by atoms with Crippen LogP contribution in [0, 0.1) is 5.92 Å². The Balaban J connectivity index is 2.19. The van der Waals surface area contributed by atoms with Gasteiger partial charge in [-0.25, -0.2) is 0 Å². The van der Waals surface area contributed by atoms with Crippen molar-refractivity contribution in [2.75, 3.05) is 6.61 Å². The second kappa shape index (κ2) is 5.35. The zero-order valence-electron chi connectivity index (χ0n) is 9.38. The lowest BCUT2D eigenvalue weighted by Gasteiger charge is -2.17. The lowest BCUT2D eigenvalue weighted by Crippen LogP contribution is -2.39. The number of rotatable bonds is 4. The van der Waals surface area contributed by atoms with Crippen molar-refractivity contribution in [2.45, 2.75) is 52.2 Å². The summed E-state index contributed by atoms with van der Waals surface area (Å²) in [6.45, 7) is 6.26. The SMILES string of the molecule is CC(C)OCC(=O)NC1CCCC1C. The molecule has 3 heteroatoms. The van der Waals surface area contributed by atoms with Gasteiger partial charge in [-0.05, 0) is 32.6 Å². The van der Waals surface area contributed by atoms with Crippen LogP contribution >= 0.6 is 0 Å². The molecule has 2 atom stereocenters. The number of ether oxygens (including phenoxy) is 1. The Morgan fingerprint density at radius 1 is 1.50 bits per heavy atom. The fourth-order valence-electron chi connectivity index (χ4n) is 1.85. The Labute approximate surface area is 86.2 Å². The minimum absolute atomic E-state index is 0.0254. The van der Waals surface area contributed by atoms with Crippen LogP contribution in [0.1, 0.15) is 40.0 Å². The van der Waals surface area contributed by atoms with Crippen LogP contribution < -0.4 is 5.32 Å². The number of hydrogen-bond acceptors (Lipinski definition) is 2. The van der Waals surface area contributed by atoms with Crippen molar-refractivity contribution in [3.05, 3.63) is 0 Å². The number of carbonyl (C=O) groups is 1. The smallest absolute Gasteiger partial charge is 0.246 e. The minimum atomic E-state index is 0.0254. The summed E-state index contributed by atoms with van der Waals surface area (Å²) >= 11 is 0. The van der Waals surface area contributed by atoms with Gasteiger partial charge < -0.3 is 10.1 Å². The zero-order chi connectivity index (χ0) is 10.6. The van der Waals surface area contributed by atoms with E-state index < -0.39 is 0 Å². The molecule has 1 aliphatic carbocycles. The lowest BCUT2D eigenvalue weighted by atomic mass is 10.1. The Morgan fingerprint density at radius 3 is 2.71 bits per heavy atom. The van der Waals surface area contributed by atoms with Gasteiger partial charge in [-0.15, -0.1) is 0 Å². The Kier molecular flexibility index (Phi) is 4.39. The zero-order valence-corrected chi connectivity index (χ0v) is 9.38. The van der Waals surface area contributed by atoms with Crippen LogP contribution in [-0.4, -0.2) is 24.7 Å². The van der Waals surface area contributed by atoms with E-state index in [4.69, 9.17) is 4.74 Å². The molecule has 0 aromatic carbocycles. The third kappa shape index (κ3) is 3.66. The molecule has 3 nitrogen and oxygen atoms in total. The first-order chi connectivity index (χ1) is 6.59. The van der Waals surface area contributed by atoms with Crippen LogP contribution in [-0.2, 0) is 9.53 Å². The average molecular weight is 199 g/mol. The van der Waals surface area contributed by atoms with Gasteiger partial charge in [0.1, 0.15) is 6.61 Å². The van der Waals surface area contributed by atoms with Gasteiger partial charge >= 0.3 is 0 Å². The van der Waals surface area contributed by atoms with Gasteiger partial charge in [-0.1, -0.05) is 13.3 Å². The summed E-state index contributed by atoms with van der Waals surface area (Å²) in [5.74, 6) is 0.649. The highest BCUT2D eigenvalue weighted by Gasteiger charge is 2.24. The summed E-state index contributed by atoms with van der Waals surface area (Å²) in [6.07, 6.45) is 3.71. The molecular weight excluding hydrogens is 178 g/mol. The van der Waals surface area contributed by atoms with Crippen LogP contribution in [0.25, 0.3) is 0 Å². The van der Waals surface area contributed by atoms with E-state index in [9.17, 15) is 4.79 Å². The van der Waals surface area contributed by atoms with E-state index in [1.165, 1.54) is 12.8 Å². The Morgan fingerprint density at radius 2 is 2.21 bits per heavy atom. The number of amides is 1. The van der Waals surface area contributed by atoms with Crippen molar-refractivity contribution in [3.63, 3.8) is 0 Å². The highest BCUT2D eigenvalue weighted by molar-refractivity contribution is 5.77. The predicted molar refractivity (Wildman–Crippen MR) is 56.0 cm³/mol. The molecule has 14 heavy (non-hydrogen) atoms. The van der Waals surface area contributed by atoms with Crippen LogP contribution in [0.2, 0.25) is 0 Å². The molecule has 0 spiro atoms. The summed E-state index contributed by atoms with van der Waals surface area (Å²) in [6, 6.07) is 0.373. The quantitative estimate of drug-likeness (QED) is 0.748. The van der Waals surface area contributed by atoms with E-state index in [0.717, 1.165) is 6.42 Å². The van der Waals surface area contributed by atoms with Crippen molar-refractivity contribution in [2.24, 2.45) is 5.92 Å². The van der Waals surface area contributed by atoms with Crippen LogP contribution in [0.3, 0.4) is 0 Å². The number of hydrogen-bond donors (Lipinski definition) is 1. The molecule has 1 saturated carbocycles. The standard InChI is InChI=1S/C11H21NO2/c1-8(2)14-7-11(13)12-10-6-4-5-9(10)3/h8-10H,4-7H2,1-3H3,(H,12,13). The summed E-state index contributed by atoms with van der Waals surface area (Å²) < 4.78 is 5.24. The van der Waals surface area contributed by atoms with Crippen LogP contribution in [0.15, 0.2) is 0 Å². The molecule has 0 bridgehead atoms.